The molecule has 1 atom stereocenters. The Balaban J connectivity index is 3.00. The van der Waals surface area contributed by atoms with Gasteiger partial charge < -0.3 is 5.73 Å². The topological polar surface area (TPSA) is 26.0 Å². The van der Waals surface area contributed by atoms with Crippen molar-refractivity contribution in [1.82, 2.24) is 0 Å². The highest BCUT2D eigenvalue weighted by Gasteiger charge is 2.12. The number of halogens is 1. The molecule has 1 aromatic rings. The van der Waals surface area contributed by atoms with Crippen LogP contribution in [0.15, 0.2) is 6.07 Å². The predicted molar refractivity (Wildman–Crippen MR) is 56.0 cm³/mol. The SMILES string of the molecule is CC(C)c1sc(C(C)N)cc1Cl. The van der Waals surface area contributed by atoms with Crippen LogP contribution < -0.4 is 5.73 Å². The Bertz CT molecular complexity index is 265. The van der Waals surface area contributed by atoms with Crippen LogP contribution in [0.25, 0.3) is 0 Å². The maximum Gasteiger partial charge on any atom is 0.0551 e. The van der Waals surface area contributed by atoms with Gasteiger partial charge in [-0.2, -0.15) is 0 Å². The van der Waals surface area contributed by atoms with E-state index in [1.54, 1.807) is 11.3 Å². The molecule has 1 nitrogen and oxygen atoms in total. The minimum atomic E-state index is 0.0972. The number of rotatable bonds is 2. The normalized spacial score (nSPS) is 13.8. The van der Waals surface area contributed by atoms with Gasteiger partial charge in [-0.15, -0.1) is 11.3 Å². The van der Waals surface area contributed by atoms with Gasteiger partial charge in [0.2, 0.25) is 0 Å². The average Bonchev–Trinajstić information content (AvgIpc) is 2.30. The van der Waals surface area contributed by atoms with Crippen molar-refractivity contribution in [2.75, 3.05) is 0 Å². The van der Waals surface area contributed by atoms with Crippen molar-refractivity contribution < 1.29 is 0 Å². The first-order valence-corrected chi connectivity index (χ1v) is 5.26. The van der Waals surface area contributed by atoms with Crippen molar-refractivity contribution in [3.05, 3.63) is 20.8 Å². The molecular weight excluding hydrogens is 190 g/mol. The molecule has 0 fully saturated rings. The minimum Gasteiger partial charge on any atom is -0.324 e. The third-order valence-electron chi connectivity index (χ3n) is 1.71. The van der Waals surface area contributed by atoms with Crippen LogP contribution in [-0.2, 0) is 0 Å². The van der Waals surface area contributed by atoms with E-state index in [4.69, 9.17) is 17.3 Å². The zero-order valence-electron chi connectivity index (χ0n) is 7.60. The summed E-state index contributed by atoms with van der Waals surface area (Å²) in [5.41, 5.74) is 5.75. The highest BCUT2D eigenvalue weighted by Crippen LogP contribution is 2.34. The lowest BCUT2D eigenvalue weighted by Crippen LogP contribution is -2.01. The van der Waals surface area contributed by atoms with Crippen molar-refractivity contribution in [3.63, 3.8) is 0 Å². The summed E-state index contributed by atoms with van der Waals surface area (Å²) in [6.07, 6.45) is 0. The lowest BCUT2D eigenvalue weighted by Gasteiger charge is -2.01. The van der Waals surface area contributed by atoms with E-state index in [9.17, 15) is 0 Å². The molecule has 1 unspecified atom stereocenters. The molecule has 1 rings (SSSR count). The summed E-state index contributed by atoms with van der Waals surface area (Å²) in [5, 5.41) is 0.863. The summed E-state index contributed by atoms with van der Waals surface area (Å²) in [7, 11) is 0. The Kier molecular flexibility index (Phi) is 3.16. The second-order valence-corrected chi connectivity index (χ2v) is 4.83. The Morgan fingerprint density at radius 2 is 2.00 bits per heavy atom. The Morgan fingerprint density at radius 1 is 1.42 bits per heavy atom. The summed E-state index contributed by atoms with van der Waals surface area (Å²) in [6.45, 7) is 6.26. The van der Waals surface area contributed by atoms with Gasteiger partial charge in [-0.05, 0) is 18.9 Å². The molecule has 2 N–H and O–H groups in total. The minimum absolute atomic E-state index is 0.0972. The van der Waals surface area contributed by atoms with Crippen molar-refractivity contribution in [1.29, 1.82) is 0 Å². The van der Waals surface area contributed by atoms with Crippen LogP contribution in [-0.4, -0.2) is 0 Å². The first kappa shape index (κ1) is 10.0. The summed E-state index contributed by atoms with van der Waals surface area (Å²) >= 11 is 7.76. The van der Waals surface area contributed by atoms with Gasteiger partial charge in [0.1, 0.15) is 0 Å². The van der Waals surface area contributed by atoms with Crippen LogP contribution in [0.4, 0.5) is 0 Å². The summed E-state index contributed by atoms with van der Waals surface area (Å²) in [4.78, 5) is 2.41. The zero-order chi connectivity index (χ0) is 9.30. The predicted octanol–water partition coefficient (Wildman–Crippen LogP) is 3.54. The molecule has 0 aliphatic rings. The lowest BCUT2D eigenvalue weighted by atomic mass is 10.2. The van der Waals surface area contributed by atoms with Gasteiger partial charge >= 0.3 is 0 Å². The van der Waals surface area contributed by atoms with Gasteiger partial charge in [-0.1, -0.05) is 25.4 Å². The van der Waals surface area contributed by atoms with Gasteiger partial charge in [0.05, 0.1) is 5.02 Å². The molecule has 68 valence electrons. The van der Waals surface area contributed by atoms with Crippen molar-refractivity contribution >= 4 is 22.9 Å². The Hall–Kier alpha value is -0.0500. The molecule has 0 bridgehead atoms. The molecule has 0 amide bonds. The van der Waals surface area contributed by atoms with Gasteiger partial charge in [0.25, 0.3) is 0 Å². The Morgan fingerprint density at radius 3 is 2.25 bits per heavy atom. The van der Waals surface area contributed by atoms with Crippen LogP contribution in [0.1, 0.15) is 42.5 Å². The van der Waals surface area contributed by atoms with E-state index in [1.165, 1.54) is 9.75 Å². The van der Waals surface area contributed by atoms with Crippen LogP contribution in [0, 0.1) is 0 Å². The summed E-state index contributed by atoms with van der Waals surface area (Å²) in [6, 6.07) is 2.08. The van der Waals surface area contributed by atoms with E-state index in [2.05, 4.69) is 13.8 Å². The molecule has 1 heterocycles. The fourth-order valence-electron chi connectivity index (χ4n) is 1.02. The fraction of sp³-hybridized carbons (Fsp3) is 0.556. The summed E-state index contributed by atoms with van der Waals surface area (Å²) in [5.74, 6) is 0.495. The zero-order valence-corrected chi connectivity index (χ0v) is 9.17. The van der Waals surface area contributed by atoms with Crippen LogP contribution in [0.2, 0.25) is 5.02 Å². The molecule has 0 saturated carbocycles. The molecule has 0 saturated heterocycles. The third-order valence-corrected chi connectivity index (χ3v) is 3.77. The Labute approximate surface area is 82.5 Å². The van der Waals surface area contributed by atoms with E-state index >= 15 is 0 Å². The molecule has 1 aromatic heterocycles. The highest BCUT2D eigenvalue weighted by atomic mass is 35.5. The first-order valence-electron chi connectivity index (χ1n) is 4.07. The monoisotopic (exact) mass is 203 g/mol. The quantitative estimate of drug-likeness (QED) is 0.782. The number of hydrogen-bond donors (Lipinski definition) is 1. The second-order valence-electron chi connectivity index (χ2n) is 3.30. The van der Waals surface area contributed by atoms with Crippen molar-refractivity contribution in [2.45, 2.75) is 32.7 Å². The maximum absolute atomic E-state index is 6.04. The average molecular weight is 204 g/mol. The van der Waals surface area contributed by atoms with E-state index in [0.29, 0.717) is 5.92 Å². The standard InChI is InChI=1S/C9H14ClNS/c1-5(2)9-7(10)4-8(12-9)6(3)11/h4-6H,11H2,1-3H3. The van der Waals surface area contributed by atoms with E-state index in [-0.39, 0.29) is 6.04 Å². The van der Waals surface area contributed by atoms with Crippen LogP contribution in [0.5, 0.6) is 0 Å². The van der Waals surface area contributed by atoms with E-state index in [1.807, 2.05) is 13.0 Å². The number of thiophene rings is 1. The van der Waals surface area contributed by atoms with Crippen LogP contribution in [0.3, 0.4) is 0 Å². The van der Waals surface area contributed by atoms with Crippen molar-refractivity contribution in [3.8, 4) is 0 Å². The van der Waals surface area contributed by atoms with Gasteiger partial charge in [0, 0.05) is 15.8 Å². The maximum atomic E-state index is 6.04. The molecule has 0 spiro atoms. The molecule has 0 radical (unpaired) electrons. The highest BCUT2D eigenvalue weighted by molar-refractivity contribution is 7.12. The largest absolute Gasteiger partial charge is 0.324 e. The second kappa shape index (κ2) is 3.77. The first-order chi connectivity index (χ1) is 5.52. The van der Waals surface area contributed by atoms with Gasteiger partial charge in [-0.25, -0.2) is 0 Å². The van der Waals surface area contributed by atoms with E-state index < -0.39 is 0 Å². The van der Waals surface area contributed by atoms with Crippen LogP contribution >= 0.6 is 22.9 Å². The fourth-order valence-corrected chi connectivity index (χ4v) is 2.54. The lowest BCUT2D eigenvalue weighted by molar-refractivity contribution is 0.838. The molecule has 0 aliphatic heterocycles. The van der Waals surface area contributed by atoms with E-state index in [0.717, 1.165) is 5.02 Å². The molecule has 12 heavy (non-hydrogen) atoms. The number of nitrogens with two attached hydrogens (primary N) is 1. The number of hydrogen-bond acceptors (Lipinski definition) is 2. The van der Waals surface area contributed by atoms with Crippen molar-refractivity contribution in [2.24, 2.45) is 5.73 Å². The molecule has 0 aliphatic carbocycles. The summed E-state index contributed by atoms with van der Waals surface area (Å²) < 4.78 is 0. The third kappa shape index (κ3) is 2.00. The van der Waals surface area contributed by atoms with Gasteiger partial charge in [0.15, 0.2) is 0 Å². The molecule has 3 heteroatoms. The molecule has 0 aromatic carbocycles. The smallest absolute Gasteiger partial charge is 0.0551 e. The molecular formula is C9H14ClNS. The van der Waals surface area contributed by atoms with Gasteiger partial charge in [-0.3, -0.25) is 0 Å².